The lowest BCUT2D eigenvalue weighted by atomic mass is 10.1. The van der Waals surface area contributed by atoms with Crippen molar-refractivity contribution in [1.82, 2.24) is 19.5 Å². The molecule has 2 heterocycles. The van der Waals surface area contributed by atoms with Crippen LogP contribution in [0.1, 0.15) is 87.3 Å². The van der Waals surface area contributed by atoms with E-state index in [9.17, 15) is 14.4 Å². The molecule has 3 rings (SSSR count). The zero-order valence-electron chi connectivity index (χ0n) is 28.6. The molecule has 2 N–H and O–H groups in total. The van der Waals surface area contributed by atoms with Gasteiger partial charge in [0, 0.05) is 49.2 Å². The summed E-state index contributed by atoms with van der Waals surface area (Å²) in [6.07, 6.45) is -1.01. The number of aromatic nitrogens is 2. The third kappa shape index (κ3) is 12.1. The van der Waals surface area contributed by atoms with Crippen molar-refractivity contribution in [3.63, 3.8) is 0 Å². The van der Waals surface area contributed by atoms with Crippen LogP contribution in [0, 0.1) is 0 Å². The number of amides is 1. The minimum absolute atomic E-state index is 0.0446. The van der Waals surface area contributed by atoms with Gasteiger partial charge < -0.3 is 19.1 Å². The van der Waals surface area contributed by atoms with Crippen LogP contribution in [0.25, 0.3) is 0 Å². The normalized spacial score (nSPS) is 21.2. The molecule has 10 nitrogen and oxygen atoms in total. The minimum Gasteiger partial charge on any atom is -0.352 e. The van der Waals surface area contributed by atoms with Crippen molar-refractivity contribution in [3.8, 4) is 0 Å². The molecule has 2 unspecified atom stereocenters. The van der Waals surface area contributed by atoms with E-state index in [0.717, 1.165) is 41.2 Å². The molecule has 258 valence electrons. The molecule has 5 atom stereocenters. The van der Waals surface area contributed by atoms with Crippen LogP contribution >= 0.6 is 30.1 Å². The van der Waals surface area contributed by atoms with Crippen LogP contribution in [0.5, 0.6) is 0 Å². The molecule has 1 saturated heterocycles. The monoisotopic (exact) mass is 701 g/mol. The zero-order valence-corrected chi connectivity index (χ0v) is 30.2. The van der Waals surface area contributed by atoms with E-state index in [0.29, 0.717) is 19.6 Å². The molecular weight excluding hydrogens is 650 g/mol. The highest BCUT2D eigenvalue weighted by Crippen LogP contribution is 2.50. The quantitative estimate of drug-likeness (QED) is 0.0953. The Labute approximate surface area is 282 Å². The zero-order chi connectivity index (χ0) is 34.6. The molecule has 2 aromatic rings. The Morgan fingerprint density at radius 3 is 2.57 bits per heavy atom. The molecule has 14 heteroatoms. The standard InChI is InChI=1S/C32H50FN4O6PS2/c1-22(2)37(23(3)4)44(43-29-24(5)42-30(28(29)33)36-18-16-27(39)35-31(36)40)41-19-11-12-20-45-46-32(6,7)17-15-26(38)34-21-25-13-9-8-10-14-25/h8-10,13-14,16,18,22-24,28-30H,11-12,15,17,19-21H2,1-7H3,(H,34,38)(H,35,39,40)/t24-,28+,29?,30-,44?/m1/s1/i5D. The Kier molecular flexibility index (Phi) is 15.1. The Balaban J connectivity index is 1.47. The lowest BCUT2D eigenvalue weighted by molar-refractivity contribution is -0.121. The predicted molar refractivity (Wildman–Crippen MR) is 187 cm³/mol. The van der Waals surface area contributed by atoms with E-state index in [1.165, 1.54) is 6.20 Å². The van der Waals surface area contributed by atoms with Crippen molar-refractivity contribution in [2.75, 3.05) is 12.4 Å². The van der Waals surface area contributed by atoms with E-state index >= 15 is 4.39 Å². The summed E-state index contributed by atoms with van der Waals surface area (Å²) >= 11 is 0. The summed E-state index contributed by atoms with van der Waals surface area (Å²) in [7, 11) is 1.86. The Morgan fingerprint density at radius 1 is 1.20 bits per heavy atom. The summed E-state index contributed by atoms with van der Waals surface area (Å²) in [6.45, 7) is 13.1. The van der Waals surface area contributed by atoms with Gasteiger partial charge >= 0.3 is 5.69 Å². The number of carbonyl (C=O) groups is 1. The second-order valence-electron chi connectivity index (χ2n) is 12.4. The first-order chi connectivity index (χ1) is 22.3. The topological polar surface area (TPSA) is 115 Å². The number of rotatable bonds is 19. The average Bonchev–Trinajstić information content (AvgIpc) is 3.32. The van der Waals surface area contributed by atoms with E-state index < -0.39 is 44.4 Å². The van der Waals surface area contributed by atoms with Gasteiger partial charge in [-0.2, -0.15) is 0 Å². The second kappa shape index (κ2) is 18.7. The van der Waals surface area contributed by atoms with E-state index in [-0.39, 0.29) is 29.6 Å². The molecule has 0 radical (unpaired) electrons. The van der Waals surface area contributed by atoms with Gasteiger partial charge in [-0.25, -0.2) is 13.9 Å². The van der Waals surface area contributed by atoms with E-state index in [1.807, 2.05) is 58.0 Å². The molecule has 46 heavy (non-hydrogen) atoms. The highest BCUT2D eigenvalue weighted by Gasteiger charge is 2.47. The first-order valence-corrected chi connectivity index (χ1v) is 19.2. The Bertz CT molecular complexity index is 1350. The summed E-state index contributed by atoms with van der Waals surface area (Å²) in [5.41, 5.74) is -0.298. The highest BCUT2D eigenvalue weighted by molar-refractivity contribution is 8.77. The largest absolute Gasteiger partial charge is 0.352 e. The molecule has 0 spiro atoms. The minimum atomic E-state index is -1.75. The number of nitrogens with one attached hydrogen (secondary N) is 2. The van der Waals surface area contributed by atoms with Gasteiger partial charge in [-0.3, -0.25) is 19.1 Å². The van der Waals surface area contributed by atoms with E-state index in [2.05, 4.69) is 28.8 Å². The number of halogens is 1. The van der Waals surface area contributed by atoms with Crippen molar-refractivity contribution in [2.45, 2.75) is 122 Å². The molecule has 1 aromatic carbocycles. The number of unbranched alkanes of at least 4 members (excludes halogenated alkanes) is 1. The van der Waals surface area contributed by atoms with Crippen LogP contribution in [0.2, 0.25) is 0 Å². The number of ether oxygens (including phenoxy) is 1. The lowest BCUT2D eigenvalue weighted by Crippen LogP contribution is -2.38. The van der Waals surface area contributed by atoms with Crippen LogP contribution in [-0.2, 0) is 25.1 Å². The molecule has 1 aliphatic heterocycles. The summed E-state index contributed by atoms with van der Waals surface area (Å²) in [4.78, 5) is 38.3. The van der Waals surface area contributed by atoms with Gasteiger partial charge in [-0.05, 0) is 73.3 Å². The molecule has 1 aromatic heterocycles. The molecule has 0 bridgehead atoms. The van der Waals surface area contributed by atoms with Gasteiger partial charge in [0.15, 0.2) is 12.4 Å². The van der Waals surface area contributed by atoms with Crippen LogP contribution in [0.15, 0.2) is 52.2 Å². The lowest BCUT2D eigenvalue weighted by Gasteiger charge is -2.37. The second-order valence-corrected chi connectivity index (χ2v) is 16.9. The van der Waals surface area contributed by atoms with Crippen LogP contribution in [0.4, 0.5) is 4.39 Å². The van der Waals surface area contributed by atoms with Crippen molar-refractivity contribution in [1.29, 1.82) is 0 Å². The van der Waals surface area contributed by atoms with Gasteiger partial charge in [0.05, 0.1) is 12.7 Å². The first-order valence-electron chi connectivity index (χ1n) is 16.4. The van der Waals surface area contributed by atoms with Gasteiger partial charge in [-0.15, -0.1) is 0 Å². The van der Waals surface area contributed by atoms with Crippen LogP contribution in [-0.4, -0.2) is 67.7 Å². The molecule has 0 aliphatic carbocycles. The number of nitrogens with zero attached hydrogens (tertiary/aromatic N) is 2. The SMILES string of the molecule is [2H]C[C@H]1O[C@@H](n2ccc(=O)[nH]c2=O)[C@@H](F)C1OP(OCCCCSSC(C)(C)CCC(=O)NCc1ccccc1)N(C(C)C)C(C)C. The maximum Gasteiger partial charge on any atom is 0.330 e. The third-order valence-corrected chi connectivity index (χ3v) is 12.8. The molecule has 0 saturated carbocycles. The average molecular weight is 702 g/mol. The van der Waals surface area contributed by atoms with Crippen molar-refractivity contribution in [3.05, 3.63) is 69.0 Å². The van der Waals surface area contributed by atoms with Crippen LogP contribution < -0.4 is 16.6 Å². The van der Waals surface area contributed by atoms with E-state index in [4.69, 9.17) is 15.2 Å². The summed E-state index contributed by atoms with van der Waals surface area (Å²) in [5, 5.41) is 2.99. The predicted octanol–water partition coefficient (Wildman–Crippen LogP) is 6.58. The fourth-order valence-electron chi connectivity index (χ4n) is 4.85. The number of carbonyl (C=O) groups excluding carboxylic acids is 1. The fraction of sp³-hybridized carbons (Fsp3) is 0.656. The molecular formula is C32H50FN4O6PS2. The number of aromatic amines is 1. The number of hydrogen-bond donors (Lipinski definition) is 2. The first kappa shape index (κ1) is 37.1. The van der Waals surface area contributed by atoms with Crippen molar-refractivity contribution in [2.24, 2.45) is 0 Å². The van der Waals surface area contributed by atoms with Gasteiger partial charge in [-0.1, -0.05) is 51.9 Å². The third-order valence-electron chi connectivity index (χ3n) is 7.25. The molecule has 1 aliphatic rings. The van der Waals surface area contributed by atoms with E-state index in [1.54, 1.807) is 21.6 Å². The summed E-state index contributed by atoms with van der Waals surface area (Å²) in [6, 6.07) is 11.1. The maximum atomic E-state index is 15.8. The number of alkyl halides is 1. The van der Waals surface area contributed by atoms with Crippen molar-refractivity contribution < 1.29 is 24.3 Å². The smallest absolute Gasteiger partial charge is 0.330 e. The van der Waals surface area contributed by atoms with Crippen LogP contribution in [0.3, 0.4) is 0 Å². The molecule has 1 amide bonds. The number of benzene rings is 1. The highest BCUT2D eigenvalue weighted by atomic mass is 33.1. The van der Waals surface area contributed by atoms with Gasteiger partial charge in [0.25, 0.3) is 14.1 Å². The maximum absolute atomic E-state index is 15.8. The number of hydrogen-bond acceptors (Lipinski definition) is 9. The summed E-state index contributed by atoms with van der Waals surface area (Å²) in [5.74, 6) is 0.965. The molecule has 1 fully saturated rings. The van der Waals surface area contributed by atoms with Gasteiger partial charge in [0.1, 0.15) is 6.10 Å². The summed E-state index contributed by atoms with van der Waals surface area (Å²) < 4.78 is 45.2. The van der Waals surface area contributed by atoms with Gasteiger partial charge in [0.2, 0.25) is 5.91 Å². The fourth-order valence-corrected chi connectivity index (χ4v) is 9.37. The Hall–Kier alpha value is -1.73. The Morgan fingerprint density at radius 2 is 1.91 bits per heavy atom. The van der Waals surface area contributed by atoms with Crippen molar-refractivity contribution >= 4 is 36.0 Å². The number of H-pyrrole nitrogens is 1.